The summed E-state index contributed by atoms with van der Waals surface area (Å²) in [7, 11) is 0. The predicted molar refractivity (Wildman–Crippen MR) is 90.9 cm³/mol. The van der Waals surface area contributed by atoms with E-state index in [2.05, 4.69) is 10.6 Å². The molecule has 2 amide bonds. The van der Waals surface area contributed by atoms with E-state index >= 15 is 0 Å². The number of carboxylic acid groups (broad SMARTS) is 1. The van der Waals surface area contributed by atoms with Crippen LogP contribution in [0.5, 0.6) is 0 Å². The van der Waals surface area contributed by atoms with Crippen molar-refractivity contribution in [2.24, 2.45) is 0 Å². The summed E-state index contributed by atoms with van der Waals surface area (Å²) in [6, 6.07) is 0.0708. The third-order valence-electron chi connectivity index (χ3n) is 5.32. The number of rotatable bonds is 7. The third-order valence-corrected chi connectivity index (χ3v) is 5.32. The summed E-state index contributed by atoms with van der Waals surface area (Å²) in [5, 5.41) is 25.1. The maximum Gasteiger partial charge on any atom is 0.317 e. The van der Waals surface area contributed by atoms with Gasteiger partial charge in [0, 0.05) is 18.6 Å². The van der Waals surface area contributed by atoms with Crippen LogP contribution >= 0.6 is 0 Å². The van der Waals surface area contributed by atoms with Crippen LogP contribution in [0.1, 0.15) is 58.3 Å². The first kappa shape index (κ1) is 19.0. The number of likely N-dealkylation sites (N-methyl/N-ethyl adjacent to an activating group) is 1. The van der Waals surface area contributed by atoms with Crippen molar-refractivity contribution in [2.45, 2.75) is 76.0 Å². The number of hydrogen-bond donors (Lipinski definition) is 4. The molecule has 0 heterocycles. The average molecular weight is 341 g/mol. The molecule has 2 rings (SSSR count). The number of carbonyl (C=O) groups is 2. The zero-order valence-electron chi connectivity index (χ0n) is 14.6. The molecule has 2 saturated carbocycles. The Bertz CT molecular complexity index is 430. The van der Waals surface area contributed by atoms with E-state index in [9.17, 15) is 14.7 Å². The van der Waals surface area contributed by atoms with E-state index in [1.807, 2.05) is 11.8 Å². The lowest BCUT2D eigenvalue weighted by atomic mass is 9.85. The topological polar surface area (TPSA) is 102 Å². The molecule has 0 aliphatic heterocycles. The highest BCUT2D eigenvalue weighted by molar-refractivity contribution is 5.74. The van der Waals surface area contributed by atoms with Gasteiger partial charge in [0.15, 0.2) is 0 Å². The molecule has 2 fully saturated rings. The molecule has 0 aromatic carbocycles. The summed E-state index contributed by atoms with van der Waals surface area (Å²) in [5.41, 5.74) is -0.767. The van der Waals surface area contributed by atoms with Crippen molar-refractivity contribution in [3.8, 4) is 0 Å². The molecular formula is C17H31N3O4. The summed E-state index contributed by atoms with van der Waals surface area (Å²) < 4.78 is 0. The van der Waals surface area contributed by atoms with E-state index in [1.165, 1.54) is 0 Å². The number of aliphatic hydroxyl groups is 1. The van der Waals surface area contributed by atoms with Crippen molar-refractivity contribution in [2.75, 3.05) is 19.6 Å². The van der Waals surface area contributed by atoms with Gasteiger partial charge in [0.05, 0.1) is 12.1 Å². The fourth-order valence-corrected chi connectivity index (χ4v) is 3.72. The first-order valence-electron chi connectivity index (χ1n) is 9.14. The van der Waals surface area contributed by atoms with E-state index < -0.39 is 11.6 Å². The van der Waals surface area contributed by atoms with E-state index in [0.717, 1.165) is 51.4 Å². The van der Waals surface area contributed by atoms with Gasteiger partial charge in [-0.05, 0) is 32.2 Å². The molecule has 2 aliphatic rings. The van der Waals surface area contributed by atoms with Gasteiger partial charge in [-0.15, -0.1) is 0 Å². The van der Waals surface area contributed by atoms with E-state index in [0.29, 0.717) is 13.1 Å². The molecule has 0 spiro atoms. The molecular weight excluding hydrogens is 310 g/mol. The standard InChI is InChI=1S/C17H31N3O4/c1-2-20(11-15(21)22)14-9-13(10-14)19-16(23)18-12-17(24)7-5-3-4-6-8-17/h13-14,24H,2-12H2,1H3,(H,21,22)(H2,18,19,23). The Labute approximate surface area is 143 Å². The molecule has 2 aliphatic carbocycles. The Morgan fingerprint density at radius 1 is 1.17 bits per heavy atom. The molecule has 0 radical (unpaired) electrons. The Morgan fingerprint density at radius 3 is 2.33 bits per heavy atom. The number of urea groups is 1. The molecule has 7 heteroatoms. The quantitative estimate of drug-likeness (QED) is 0.523. The van der Waals surface area contributed by atoms with Crippen molar-refractivity contribution in [3.05, 3.63) is 0 Å². The second kappa shape index (κ2) is 8.67. The lowest BCUT2D eigenvalue weighted by Gasteiger charge is -2.42. The SMILES string of the molecule is CCN(CC(=O)O)C1CC(NC(=O)NCC2(O)CCCCCC2)C1. The Hall–Kier alpha value is -1.34. The molecule has 0 atom stereocenters. The summed E-state index contributed by atoms with van der Waals surface area (Å²) >= 11 is 0. The zero-order valence-corrected chi connectivity index (χ0v) is 14.6. The van der Waals surface area contributed by atoms with Crippen molar-refractivity contribution >= 4 is 12.0 Å². The van der Waals surface area contributed by atoms with Crippen LogP contribution in [-0.2, 0) is 4.79 Å². The summed E-state index contributed by atoms with van der Waals surface area (Å²) in [4.78, 5) is 24.7. The van der Waals surface area contributed by atoms with Crippen LogP contribution in [0.15, 0.2) is 0 Å². The number of hydrogen-bond acceptors (Lipinski definition) is 4. The molecule has 24 heavy (non-hydrogen) atoms. The van der Waals surface area contributed by atoms with Gasteiger partial charge >= 0.3 is 12.0 Å². The van der Waals surface area contributed by atoms with Gasteiger partial charge < -0.3 is 20.8 Å². The molecule has 4 N–H and O–H groups in total. The first-order valence-corrected chi connectivity index (χ1v) is 9.14. The van der Waals surface area contributed by atoms with Crippen molar-refractivity contribution in [1.82, 2.24) is 15.5 Å². The lowest BCUT2D eigenvalue weighted by molar-refractivity contribution is -0.139. The molecule has 0 aromatic rings. The highest BCUT2D eigenvalue weighted by atomic mass is 16.4. The molecule has 0 unspecified atom stereocenters. The number of amides is 2. The van der Waals surface area contributed by atoms with Crippen LogP contribution in [0.2, 0.25) is 0 Å². The highest BCUT2D eigenvalue weighted by Gasteiger charge is 2.35. The normalized spacial score (nSPS) is 26.3. The molecule has 0 bridgehead atoms. The fourth-order valence-electron chi connectivity index (χ4n) is 3.72. The number of nitrogens with one attached hydrogen (secondary N) is 2. The second-order valence-electron chi connectivity index (χ2n) is 7.24. The Morgan fingerprint density at radius 2 is 1.79 bits per heavy atom. The van der Waals surface area contributed by atoms with Crippen LogP contribution in [0, 0.1) is 0 Å². The number of nitrogens with zero attached hydrogens (tertiary/aromatic N) is 1. The van der Waals surface area contributed by atoms with Crippen LogP contribution in [-0.4, -0.2) is 64.4 Å². The number of carboxylic acids is 1. The largest absolute Gasteiger partial charge is 0.480 e. The van der Waals surface area contributed by atoms with Crippen molar-refractivity contribution in [3.63, 3.8) is 0 Å². The van der Waals surface area contributed by atoms with Gasteiger partial charge in [-0.3, -0.25) is 9.69 Å². The van der Waals surface area contributed by atoms with Crippen LogP contribution < -0.4 is 10.6 Å². The molecule has 138 valence electrons. The van der Waals surface area contributed by atoms with E-state index in [4.69, 9.17) is 5.11 Å². The first-order chi connectivity index (χ1) is 11.4. The smallest absolute Gasteiger partial charge is 0.317 e. The highest BCUT2D eigenvalue weighted by Crippen LogP contribution is 2.27. The van der Waals surface area contributed by atoms with Gasteiger partial charge in [-0.25, -0.2) is 4.79 Å². The fraction of sp³-hybridized carbons (Fsp3) is 0.882. The number of carbonyl (C=O) groups excluding carboxylic acids is 1. The van der Waals surface area contributed by atoms with Gasteiger partial charge in [0.2, 0.25) is 0 Å². The maximum absolute atomic E-state index is 12.0. The minimum atomic E-state index is -0.817. The minimum Gasteiger partial charge on any atom is -0.480 e. The van der Waals surface area contributed by atoms with Crippen LogP contribution in [0.4, 0.5) is 4.79 Å². The molecule has 0 saturated heterocycles. The van der Waals surface area contributed by atoms with Crippen molar-refractivity contribution in [1.29, 1.82) is 0 Å². The summed E-state index contributed by atoms with van der Waals surface area (Å²) in [5.74, 6) is -0.817. The van der Waals surface area contributed by atoms with Gasteiger partial charge in [0.1, 0.15) is 0 Å². The molecule has 7 nitrogen and oxygen atoms in total. The van der Waals surface area contributed by atoms with Gasteiger partial charge in [-0.2, -0.15) is 0 Å². The van der Waals surface area contributed by atoms with Gasteiger partial charge in [-0.1, -0.05) is 32.6 Å². The second-order valence-corrected chi connectivity index (χ2v) is 7.24. The number of aliphatic carboxylic acids is 1. The van der Waals surface area contributed by atoms with Crippen LogP contribution in [0.3, 0.4) is 0 Å². The Kier molecular flexibility index (Phi) is 6.86. The Balaban J connectivity index is 1.66. The van der Waals surface area contributed by atoms with Crippen molar-refractivity contribution < 1.29 is 19.8 Å². The summed E-state index contributed by atoms with van der Waals surface area (Å²) in [6.07, 6.45) is 7.39. The van der Waals surface area contributed by atoms with E-state index in [-0.39, 0.29) is 24.7 Å². The maximum atomic E-state index is 12.0. The van der Waals surface area contributed by atoms with Gasteiger partial charge in [0.25, 0.3) is 0 Å². The molecule has 0 aromatic heterocycles. The lowest BCUT2D eigenvalue weighted by Crippen LogP contribution is -2.57. The third kappa shape index (κ3) is 5.63. The predicted octanol–water partition coefficient (Wildman–Crippen LogP) is 1.31. The minimum absolute atomic E-state index is 0.0487. The zero-order chi connectivity index (χ0) is 17.6. The van der Waals surface area contributed by atoms with E-state index in [1.54, 1.807) is 0 Å². The monoisotopic (exact) mass is 341 g/mol. The summed E-state index contributed by atoms with van der Waals surface area (Å²) in [6.45, 7) is 2.99. The van der Waals surface area contributed by atoms with Crippen LogP contribution in [0.25, 0.3) is 0 Å². The average Bonchev–Trinajstić information content (AvgIpc) is 2.71.